The van der Waals surface area contributed by atoms with Crippen molar-refractivity contribution in [3.8, 4) is 0 Å². The van der Waals surface area contributed by atoms with Crippen molar-refractivity contribution in [2.45, 2.75) is 25.3 Å². The number of nitro groups is 1. The van der Waals surface area contributed by atoms with E-state index in [4.69, 9.17) is 11.6 Å². The molecule has 0 radical (unpaired) electrons. The quantitative estimate of drug-likeness (QED) is 0.446. The summed E-state index contributed by atoms with van der Waals surface area (Å²) in [5, 5.41) is 15.3. The van der Waals surface area contributed by atoms with E-state index < -0.39 is 4.92 Å². The number of nitro benzene ring substituents is 1. The number of fused-ring (bicyclic) bond motifs is 3. The number of nitrogens with one attached hydrogen (secondary N) is 1. The van der Waals surface area contributed by atoms with E-state index in [0.29, 0.717) is 5.02 Å². The summed E-state index contributed by atoms with van der Waals surface area (Å²) < 4.78 is 0. The maximum Gasteiger partial charge on any atom is 0.269 e. The Labute approximate surface area is 167 Å². The smallest absolute Gasteiger partial charge is 0.269 e. The Bertz CT molecular complexity index is 1000. The zero-order valence-corrected chi connectivity index (χ0v) is 16.3. The monoisotopic (exact) mass is 397 g/mol. The van der Waals surface area contributed by atoms with E-state index >= 15 is 0 Å². The molecule has 1 heterocycles. The van der Waals surface area contributed by atoms with Crippen LogP contribution in [0, 0.1) is 16.0 Å². The van der Waals surface area contributed by atoms with Crippen LogP contribution in [-0.2, 0) is 4.79 Å². The number of anilines is 2. The van der Waals surface area contributed by atoms with Gasteiger partial charge in [-0.15, -0.1) is 0 Å². The van der Waals surface area contributed by atoms with Crippen molar-refractivity contribution in [1.82, 2.24) is 0 Å². The molecule has 6 nitrogen and oxygen atoms in total. The molecule has 0 bridgehead atoms. The van der Waals surface area contributed by atoms with Gasteiger partial charge in [-0.25, -0.2) is 0 Å². The molecule has 1 aliphatic heterocycles. The molecule has 3 unspecified atom stereocenters. The number of amides is 1. The van der Waals surface area contributed by atoms with Gasteiger partial charge in [0.1, 0.15) is 0 Å². The predicted molar refractivity (Wildman–Crippen MR) is 110 cm³/mol. The van der Waals surface area contributed by atoms with Gasteiger partial charge in [0.05, 0.1) is 11.0 Å². The molecular weight excluding hydrogens is 378 g/mol. The van der Waals surface area contributed by atoms with Gasteiger partial charge in [-0.3, -0.25) is 14.9 Å². The number of carbonyl (C=O) groups is 1. The van der Waals surface area contributed by atoms with Gasteiger partial charge in [-0.05, 0) is 42.2 Å². The van der Waals surface area contributed by atoms with Crippen molar-refractivity contribution in [2.75, 3.05) is 17.3 Å². The molecule has 0 aromatic heterocycles. The highest BCUT2D eigenvalue weighted by atomic mass is 35.5. The second-order valence-corrected chi connectivity index (χ2v) is 7.70. The van der Waals surface area contributed by atoms with Crippen LogP contribution in [0.4, 0.5) is 17.1 Å². The van der Waals surface area contributed by atoms with Gasteiger partial charge in [-0.1, -0.05) is 23.8 Å². The summed E-state index contributed by atoms with van der Waals surface area (Å²) in [5.41, 5.74) is 3.71. The first-order valence-corrected chi connectivity index (χ1v) is 9.50. The standard InChI is InChI=1S/C21H20ClN3O3/c1-12(26)24(2)13-7-9-20-17(10-13)15-4-3-5-16(15)21(23-20)18-11-14(25(27)28)6-8-19(18)22/h3-4,6-11,15-16,21,23H,5H2,1-2H3. The third-order valence-corrected chi connectivity index (χ3v) is 6.08. The number of hydrogen-bond donors (Lipinski definition) is 1. The fourth-order valence-electron chi connectivity index (χ4n) is 4.16. The molecule has 144 valence electrons. The molecule has 3 atom stereocenters. The molecule has 2 aliphatic rings. The van der Waals surface area contributed by atoms with Gasteiger partial charge in [0, 0.05) is 54.0 Å². The Hall–Kier alpha value is -2.86. The van der Waals surface area contributed by atoms with Crippen LogP contribution in [0.3, 0.4) is 0 Å². The van der Waals surface area contributed by atoms with E-state index in [9.17, 15) is 14.9 Å². The summed E-state index contributed by atoms with van der Waals surface area (Å²) in [7, 11) is 1.76. The van der Waals surface area contributed by atoms with E-state index in [1.165, 1.54) is 13.0 Å². The third-order valence-electron chi connectivity index (χ3n) is 5.73. The Balaban J connectivity index is 1.77. The van der Waals surface area contributed by atoms with Crippen LogP contribution in [-0.4, -0.2) is 17.9 Å². The summed E-state index contributed by atoms with van der Waals surface area (Å²) in [4.78, 5) is 24.2. The van der Waals surface area contributed by atoms with E-state index in [1.54, 1.807) is 24.1 Å². The first-order chi connectivity index (χ1) is 13.4. The average molecular weight is 398 g/mol. The van der Waals surface area contributed by atoms with Gasteiger partial charge in [0.25, 0.3) is 5.69 Å². The molecule has 2 aromatic rings. The largest absolute Gasteiger partial charge is 0.378 e. The molecule has 0 fully saturated rings. The van der Waals surface area contributed by atoms with Gasteiger partial charge in [-0.2, -0.15) is 0 Å². The molecule has 1 N–H and O–H groups in total. The van der Waals surface area contributed by atoms with Gasteiger partial charge in [0.2, 0.25) is 5.91 Å². The topological polar surface area (TPSA) is 75.5 Å². The maximum atomic E-state index is 11.7. The first-order valence-electron chi connectivity index (χ1n) is 9.12. The minimum Gasteiger partial charge on any atom is -0.378 e. The Morgan fingerprint density at radius 3 is 2.75 bits per heavy atom. The molecule has 28 heavy (non-hydrogen) atoms. The van der Waals surface area contributed by atoms with Gasteiger partial charge >= 0.3 is 0 Å². The van der Waals surface area contributed by atoms with Crippen LogP contribution in [0.15, 0.2) is 48.6 Å². The molecule has 1 amide bonds. The number of rotatable bonds is 3. The number of hydrogen-bond acceptors (Lipinski definition) is 4. The summed E-state index contributed by atoms with van der Waals surface area (Å²) in [5.74, 6) is 0.338. The fourth-order valence-corrected chi connectivity index (χ4v) is 4.40. The zero-order valence-electron chi connectivity index (χ0n) is 15.6. The molecule has 4 rings (SSSR count). The van der Waals surface area contributed by atoms with Crippen molar-refractivity contribution >= 4 is 34.6 Å². The van der Waals surface area contributed by atoms with E-state index in [0.717, 1.165) is 28.9 Å². The van der Waals surface area contributed by atoms with Crippen LogP contribution in [0.1, 0.15) is 36.4 Å². The molecule has 0 saturated carbocycles. The van der Waals surface area contributed by atoms with Gasteiger partial charge < -0.3 is 10.2 Å². The fraction of sp³-hybridized carbons (Fsp3) is 0.286. The highest BCUT2D eigenvalue weighted by Gasteiger charge is 2.39. The number of carbonyl (C=O) groups excluding carboxylic acids is 1. The lowest BCUT2D eigenvalue weighted by molar-refractivity contribution is -0.384. The van der Waals surface area contributed by atoms with Crippen molar-refractivity contribution in [3.63, 3.8) is 0 Å². The van der Waals surface area contributed by atoms with Crippen molar-refractivity contribution in [2.24, 2.45) is 5.92 Å². The lowest BCUT2D eigenvalue weighted by Crippen LogP contribution is -2.30. The van der Waals surface area contributed by atoms with Gasteiger partial charge in [0.15, 0.2) is 0 Å². The molecular formula is C21H20ClN3O3. The van der Waals surface area contributed by atoms with E-state index in [2.05, 4.69) is 17.5 Å². The number of allylic oxidation sites excluding steroid dienone is 2. The number of halogens is 1. The lowest BCUT2D eigenvalue weighted by atomic mass is 9.77. The SMILES string of the molecule is CC(=O)N(C)c1ccc2c(c1)C1C=CCC1C(c1cc([N+](=O)[O-])ccc1Cl)N2. The van der Waals surface area contributed by atoms with Crippen molar-refractivity contribution < 1.29 is 9.72 Å². The summed E-state index contributed by atoms with van der Waals surface area (Å²) in [6, 6.07) is 10.4. The normalized spacial score (nSPS) is 22.2. The Kier molecular flexibility index (Phi) is 4.59. The van der Waals surface area contributed by atoms with Crippen LogP contribution in [0.2, 0.25) is 5.02 Å². The van der Waals surface area contributed by atoms with E-state index in [1.807, 2.05) is 18.2 Å². The average Bonchev–Trinajstić information content (AvgIpc) is 3.16. The second-order valence-electron chi connectivity index (χ2n) is 7.29. The number of non-ortho nitro benzene ring substituents is 1. The van der Waals surface area contributed by atoms with Crippen LogP contribution >= 0.6 is 11.6 Å². The summed E-state index contributed by atoms with van der Waals surface area (Å²) in [6.07, 6.45) is 5.18. The highest BCUT2D eigenvalue weighted by molar-refractivity contribution is 6.31. The van der Waals surface area contributed by atoms with Crippen molar-refractivity contribution in [1.29, 1.82) is 0 Å². The summed E-state index contributed by atoms with van der Waals surface area (Å²) >= 11 is 6.43. The van der Waals surface area contributed by atoms with Crippen LogP contribution < -0.4 is 10.2 Å². The minimum atomic E-state index is -0.398. The summed E-state index contributed by atoms with van der Waals surface area (Å²) in [6.45, 7) is 1.54. The Morgan fingerprint density at radius 1 is 1.25 bits per heavy atom. The predicted octanol–water partition coefficient (Wildman–Crippen LogP) is 5.06. The molecule has 2 aromatic carbocycles. The number of benzene rings is 2. The molecule has 0 spiro atoms. The molecule has 1 aliphatic carbocycles. The number of nitrogens with zero attached hydrogens (tertiary/aromatic N) is 2. The molecule has 7 heteroatoms. The minimum absolute atomic E-state index is 0.0245. The van der Waals surface area contributed by atoms with Crippen LogP contribution in [0.25, 0.3) is 0 Å². The Morgan fingerprint density at radius 2 is 2.04 bits per heavy atom. The van der Waals surface area contributed by atoms with E-state index in [-0.39, 0.29) is 29.5 Å². The van der Waals surface area contributed by atoms with Crippen LogP contribution in [0.5, 0.6) is 0 Å². The molecule has 0 saturated heterocycles. The highest BCUT2D eigenvalue weighted by Crippen LogP contribution is 2.51. The lowest BCUT2D eigenvalue weighted by Gasteiger charge is -2.38. The van der Waals surface area contributed by atoms with Crippen molar-refractivity contribution in [3.05, 3.63) is 74.8 Å². The first kappa shape index (κ1) is 18.5. The zero-order chi connectivity index (χ0) is 20.0. The third kappa shape index (κ3) is 3.03. The maximum absolute atomic E-state index is 11.7. The second kappa shape index (κ2) is 6.95.